The van der Waals surface area contributed by atoms with Crippen LogP contribution in [0.25, 0.3) is 0 Å². The van der Waals surface area contributed by atoms with Crippen molar-refractivity contribution in [1.82, 2.24) is 20.9 Å². The number of nitrogens with zero attached hydrogens (tertiary/aromatic N) is 2. The molecule has 0 aliphatic carbocycles. The fraction of sp³-hybridized carbons (Fsp3) is 0.444. The van der Waals surface area contributed by atoms with Crippen LogP contribution in [-0.2, 0) is 11.3 Å². The quantitative estimate of drug-likeness (QED) is 0.451. The minimum Gasteiger partial charge on any atom is -0.338 e. The molecule has 0 radical (unpaired) electrons. The highest BCUT2D eigenvalue weighted by atomic mass is 19.1. The van der Waals surface area contributed by atoms with E-state index in [0.717, 1.165) is 31.2 Å². The van der Waals surface area contributed by atoms with Gasteiger partial charge in [-0.3, -0.25) is 4.79 Å². The number of halogens is 1. The number of hydrogen-bond donors (Lipinski definition) is 3. The maximum Gasteiger partial charge on any atom is 0.318 e. The molecule has 0 spiro atoms. The van der Waals surface area contributed by atoms with Gasteiger partial charge < -0.3 is 25.8 Å². The Hall–Kier alpha value is -3.62. The Balaban J connectivity index is 2.00. The Morgan fingerprint density at radius 3 is 2.36 bits per heavy atom. The summed E-state index contributed by atoms with van der Waals surface area (Å²) in [6.07, 6.45) is 3.58. The second kappa shape index (κ2) is 12.9. The topological polar surface area (TPSA) is 93.8 Å². The van der Waals surface area contributed by atoms with Crippen LogP contribution in [0.4, 0.5) is 19.7 Å². The molecule has 36 heavy (non-hydrogen) atoms. The molecule has 5 amide bonds. The van der Waals surface area contributed by atoms with E-state index in [1.807, 2.05) is 19.1 Å². The zero-order valence-electron chi connectivity index (χ0n) is 21.3. The minimum absolute atomic E-state index is 0.199. The van der Waals surface area contributed by atoms with E-state index in [9.17, 15) is 14.4 Å². The number of carbonyl (C=O) groups is 3. The second-order valence-electron chi connectivity index (χ2n) is 8.95. The second-order valence-corrected chi connectivity index (χ2v) is 8.95. The molecule has 1 unspecified atom stereocenters. The number of benzene rings is 2. The van der Waals surface area contributed by atoms with Gasteiger partial charge in [0.1, 0.15) is 12.4 Å². The maximum atomic E-state index is 15.1. The Morgan fingerprint density at radius 1 is 0.972 bits per heavy atom. The van der Waals surface area contributed by atoms with Gasteiger partial charge in [0.05, 0.1) is 6.04 Å². The number of nitrogens with one attached hydrogen (secondary N) is 3. The van der Waals surface area contributed by atoms with Crippen molar-refractivity contribution in [3.05, 3.63) is 65.0 Å². The van der Waals surface area contributed by atoms with Crippen molar-refractivity contribution in [2.75, 3.05) is 31.6 Å². The van der Waals surface area contributed by atoms with E-state index < -0.39 is 17.9 Å². The van der Waals surface area contributed by atoms with Crippen LogP contribution in [0.15, 0.2) is 42.5 Å². The van der Waals surface area contributed by atoms with Gasteiger partial charge in [0.25, 0.3) is 0 Å². The first kappa shape index (κ1) is 27.0. The van der Waals surface area contributed by atoms with E-state index in [0.29, 0.717) is 29.9 Å². The Morgan fingerprint density at radius 2 is 1.67 bits per heavy atom. The van der Waals surface area contributed by atoms with Gasteiger partial charge in [-0.2, -0.15) is 0 Å². The lowest BCUT2D eigenvalue weighted by Crippen LogP contribution is -2.46. The smallest absolute Gasteiger partial charge is 0.318 e. The zero-order chi connectivity index (χ0) is 26.1. The molecule has 1 aliphatic rings. The highest BCUT2D eigenvalue weighted by molar-refractivity contribution is 5.98. The van der Waals surface area contributed by atoms with Crippen molar-refractivity contribution in [2.24, 2.45) is 0 Å². The van der Waals surface area contributed by atoms with E-state index in [1.54, 1.807) is 31.3 Å². The summed E-state index contributed by atoms with van der Waals surface area (Å²) in [7, 11) is 1.65. The lowest BCUT2D eigenvalue weighted by Gasteiger charge is -2.31. The lowest BCUT2D eigenvalue weighted by atomic mass is 9.93. The van der Waals surface area contributed by atoms with Crippen LogP contribution >= 0.6 is 0 Å². The van der Waals surface area contributed by atoms with E-state index in [-0.39, 0.29) is 25.0 Å². The molecule has 0 saturated heterocycles. The summed E-state index contributed by atoms with van der Waals surface area (Å²) in [6, 6.07) is 10.2. The molecule has 1 aliphatic heterocycles. The molecule has 3 rings (SSSR count). The average molecular weight is 498 g/mol. The van der Waals surface area contributed by atoms with Crippen LogP contribution < -0.4 is 20.9 Å². The van der Waals surface area contributed by atoms with Crippen LogP contribution in [0.5, 0.6) is 0 Å². The third-order valence-electron chi connectivity index (χ3n) is 6.28. The summed E-state index contributed by atoms with van der Waals surface area (Å²) in [5.74, 6) is -0.738. The Bertz CT molecular complexity index is 1080. The van der Waals surface area contributed by atoms with Gasteiger partial charge in [-0.25, -0.2) is 14.0 Å². The number of fused-ring (bicyclic) bond motifs is 1. The van der Waals surface area contributed by atoms with Crippen molar-refractivity contribution < 1.29 is 18.8 Å². The predicted molar refractivity (Wildman–Crippen MR) is 138 cm³/mol. The highest BCUT2D eigenvalue weighted by Gasteiger charge is 2.37. The van der Waals surface area contributed by atoms with Crippen molar-refractivity contribution in [1.29, 1.82) is 0 Å². The van der Waals surface area contributed by atoms with Crippen LogP contribution in [0.3, 0.4) is 0 Å². The van der Waals surface area contributed by atoms with Gasteiger partial charge in [0, 0.05) is 43.5 Å². The number of unbranched alkanes of at least 4 members (excludes halogenated alkanes) is 2. The van der Waals surface area contributed by atoms with Crippen LogP contribution in [0.1, 0.15) is 62.3 Å². The van der Waals surface area contributed by atoms with Crippen molar-refractivity contribution in [3.63, 3.8) is 0 Å². The lowest BCUT2D eigenvalue weighted by molar-refractivity contribution is -0.118. The average Bonchev–Trinajstić information content (AvgIpc) is 2.97. The van der Waals surface area contributed by atoms with Gasteiger partial charge in [-0.15, -0.1) is 0 Å². The van der Waals surface area contributed by atoms with Crippen molar-refractivity contribution in [3.8, 4) is 0 Å². The number of urea groups is 2. The number of likely N-dealkylation sites (N-methyl/N-ethyl adjacent to an activating group) is 1. The molecular formula is C27H36FN5O3. The standard InChI is InChI=1S/C27H36FN5O3/c1-4-6-14-29-26(35)31-17-19-12-13-23-21(16-19)25(20-10-8-9-11-22(20)28)33(18-24(34)32(23)3)27(36)30-15-7-5-2/h8-13,16,25H,4-7,14-15,17-18H2,1-3H3,(H,30,36)(H2,29,31,35). The molecule has 3 N–H and O–H groups in total. The third kappa shape index (κ3) is 6.53. The summed E-state index contributed by atoms with van der Waals surface area (Å²) < 4.78 is 15.1. The van der Waals surface area contributed by atoms with Gasteiger partial charge in [0.15, 0.2) is 0 Å². The fourth-order valence-corrected chi connectivity index (χ4v) is 4.20. The molecule has 0 bridgehead atoms. The summed E-state index contributed by atoms with van der Waals surface area (Å²) in [5.41, 5.74) is 2.28. The molecule has 0 saturated carbocycles. The van der Waals surface area contributed by atoms with E-state index >= 15 is 4.39 Å². The summed E-state index contributed by atoms with van der Waals surface area (Å²) >= 11 is 0. The van der Waals surface area contributed by atoms with Gasteiger partial charge in [-0.1, -0.05) is 51.0 Å². The first-order valence-electron chi connectivity index (χ1n) is 12.6. The first-order chi connectivity index (χ1) is 17.4. The number of amides is 5. The molecule has 0 aromatic heterocycles. The Kier molecular flexibility index (Phi) is 9.67. The number of carbonyl (C=O) groups excluding carboxylic acids is 3. The molecule has 0 fully saturated rings. The van der Waals surface area contributed by atoms with E-state index in [1.165, 1.54) is 15.9 Å². The highest BCUT2D eigenvalue weighted by Crippen LogP contribution is 2.39. The number of rotatable bonds is 9. The molecular weight excluding hydrogens is 461 g/mol. The summed E-state index contributed by atoms with van der Waals surface area (Å²) in [5, 5.41) is 8.52. The normalized spacial score (nSPS) is 15.2. The molecule has 9 heteroatoms. The summed E-state index contributed by atoms with van der Waals surface area (Å²) in [4.78, 5) is 41.4. The molecule has 2 aromatic carbocycles. The minimum atomic E-state index is -0.824. The molecule has 194 valence electrons. The predicted octanol–water partition coefficient (Wildman–Crippen LogP) is 4.30. The van der Waals surface area contributed by atoms with Gasteiger partial charge in [-0.05, 0) is 36.6 Å². The van der Waals surface area contributed by atoms with Crippen molar-refractivity contribution >= 4 is 23.7 Å². The SMILES string of the molecule is CCCCNC(=O)NCc1ccc2c(c1)C(c1ccccc1F)N(C(=O)NCCCC)CC(=O)N2C. The molecule has 8 nitrogen and oxygen atoms in total. The van der Waals surface area contributed by atoms with Crippen LogP contribution in [-0.4, -0.2) is 49.6 Å². The fourth-order valence-electron chi connectivity index (χ4n) is 4.20. The van der Waals surface area contributed by atoms with E-state index in [2.05, 4.69) is 22.9 Å². The molecule has 1 heterocycles. The maximum absolute atomic E-state index is 15.1. The third-order valence-corrected chi connectivity index (χ3v) is 6.28. The van der Waals surface area contributed by atoms with Crippen LogP contribution in [0, 0.1) is 5.82 Å². The van der Waals surface area contributed by atoms with Crippen LogP contribution in [0.2, 0.25) is 0 Å². The number of anilines is 1. The van der Waals surface area contributed by atoms with Gasteiger partial charge in [0.2, 0.25) is 5.91 Å². The summed E-state index contributed by atoms with van der Waals surface area (Å²) in [6.45, 7) is 5.18. The Labute approximate surface area is 212 Å². The monoisotopic (exact) mass is 497 g/mol. The largest absolute Gasteiger partial charge is 0.338 e. The zero-order valence-corrected chi connectivity index (χ0v) is 21.3. The van der Waals surface area contributed by atoms with Crippen molar-refractivity contribution in [2.45, 2.75) is 52.1 Å². The first-order valence-corrected chi connectivity index (χ1v) is 12.6. The van der Waals surface area contributed by atoms with E-state index in [4.69, 9.17) is 0 Å². The van der Waals surface area contributed by atoms with Gasteiger partial charge >= 0.3 is 12.1 Å². The number of hydrogen-bond acceptors (Lipinski definition) is 3. The molecule has 1 atom stereocenters. The molecule has 2 aromatic rings.